The SMILES string of the molecule is CCC(=O)N1CCN(c2ccc(NC(=S)NC(=O)c3cc([N+](=O)[O-])ccc3N3CCOCC3)cc2)CC1. The smallest absolute Gasteiger partial charge is 0.270 e. The van der Waals surface area contributed by atoms with E-state index in [1.165, 1.54) is 12.1 Å². The Bertz CT molecular complexity index is 1160. The molecule has 0 bridgehead atoms. The van der Waals surface area contributed by atoms with Gasteiger partial charge < -0.3 is 24.8 Å². The van der Waals surface area contributed by atoms with E-state index in [1.54, 1.807) is 6.07 Å². The number of anilines is 3. The van der Waals surface area contributed by atoms with Crippen molar-refractivity contribution in [3.05, 3.63) is 58.1 Å². The van der Waals surface area contributed by atoms with E-state index >= 15 is 0 Å². The normalized spacial score (nSPS) is 15.8. The van der Waals surface area contributed by atoms with E-state index in [0.717, 1.165) is 18.8 Å². The van der Waals surface area contributed by atoms with Crippen molar-refractivity contribution in [2.45, 2.75) is 13.3 Å². The summed E-state index contributed by atoms with van der Waals surface area (Å²) in [6.45, 7) is 7.00. The molecule has 2 fully saturated rings. The van der Waals surface area contributed by atoms with Gasteiger partial charge in [0, 0.05) is 69.2 Å². The topological polar surface area (TPSA) is 120 Å². The fraction of sp³-hybridized carbons (Fsp3) is 0.400. The highest BCUT2D eigenvalue weighted by atomic mass is 32.1. The maximum atomic E-state index is 13.1. The average molecular weight is 527 g/mol. The van der Waals surface area contributed by atoms with E-state index in [4.69, 9.17) is 17.0 Å². The number of nitro groups is 1. The summed E-state index contributed by atoms with van der Waals surface area (Å²) in [5, 5.41) is 17.0. The fourth-order valence-corrected chi connectivity index (χ4v) is 4.64. The molecule has 11 nitrogen and oxygen atoms in total. The molecule has 2 saturated heterocycles. The van der Waals surface area contributed by atoms with Crippen molar-refractivity contribution in [1.82, 2.24) is 10.2 Å². The summed E-state index contributed by atoms with van der Waals surface area (Å²) in [5.74, 6) is -0.351. The van der Waals surface area contributed by atoms with E-state index in [-0.39, 0.29) is 22.3 Å². The van der Waals surface area contributed by atoms with Crippen LogP contribution in [0.4, 0.5) is 22.7 Å². The lowest BCUT2D eigenvalue weighted by Crippen LogP contribution is -2.48. The molecule has 4 rings (SSSR count). The van der Waals surface area contributed by atoms with Gasteiger partial charge in [-0.3, -0.25) is 25.0 Å². The molecule has 2 N–H and O–H groups in total. The van der Waals surface area contributed by atoms with Crippen LogP contribution in [-0.4, -0.2) is 79.2 Å². The van der Waals surface area contributed by atoms with Gasteiger partial charge in [-0.05, 0) is 42.5 Å². The number of morpholine rings is 1. The van der Waals surface area contributed by atoms with Crippen molar-refractivity contribution in [3.63, 3.8) is 0 Å². The first-order valence-corrected chi connectivity index (χ1v) is 12.6. The van der Waals surface area contributed by atoms with Crippen LogP contribution in [0.2, 0.25) is 0 Å². The molecule has 0 aromatic heterocycles. The molecule has 0 aliphatic carbocycles. The number of carbonyl (C=O) groups is 2. The van der Waals surface area contributed by atoms with Gasteiger partial charge in [0.25, 0.3) is 11.6 Å². The zero-order valence-electron chi connectivity index (χ0n) is 20.6. The van der Waals surface area contributed by atoms with Crippen molar-refractivity contribution in [2.75, 3.05) is 67.6 Å². The summed E-state index contributed by atoms with van der Waals surface area (Å²) in [7, 11) is 0. The van der Waals surface area contributed by atoms with Crippen molar-refractivity contribution >= 4 is 51.9 Å². The number of hydrogen-bond donors (Lipinski definition) is 2. The number of hydrogen-bond acceptors (Lipinski definition) is 8. The van der Waals surface area contributed by atoms with E-state index in [2.05, 4.69) is 15.5 Å². The van der Waals surface area contributed by atoms with Crippen LogP contribution in [0.1, 0.15) is 23.7 Å². The summed E-state index contributed by atoms with van der Waals surface area (Å²) in [5.41, 5.74) is 2.34. The number of carbonyl (C=O) groups excluding carboxylic acids is 2. The minimum absolute atomic E-state index is 0.0869. The number of non-ortho nitro benzene ring substituents is 1. The van der Waals surface area contributed by atoms with Gasteiger partial charge in [-0.15, -0.1) is 0 Å². The number of nitrogens with one attached hydrogen (secondary N) is 2. The van der Waals surface area contributed by atoms with Crippen LogP contribution < -0.4 is 20.4 Å². The van der Waals surface area contributed by atoms with Crippen molar-refractivity contribution in [2.24, 2.45) is 0 Å². The van der Waals surface area contributed by atoms with Gasteiger partial charge in [-0.1, -0.05) is 6.92 Å². The number of piperazine rings is 1. The lowest BCUT2D eigenvalue weighted by atomic mass is 10.1. The Hall–Kier alpha value is -3.77. The number of benzene rings is 2. The predicted octanol–water partition coefficient (Wildman–Crippen LogP) is 2.62. The molecule has 12 heteroatoms. The van der Waals surface area contributed by atoms with Crippen LogP contribution >= 0.6 is 12.2 Å². The van der Waals surface area contributed by atoms with Gasteiger partial charge in [0.1, 0.15) is 0 Å². The molecule has 2 aromatic carbocycles. The Morgan fingerprint density at radius 1 is 1.00 bits per heavy atom. The highest BCUT2D eigenvalue weighted by molar-refractivity contribution is 7.80. The second-order valence-electron chi connectivity index (χ2n) is 8.73. The molecule has 2 heterocycles. The minimum atomic E-state index is -0.529. The molecule has 0 saturated carbocycles. The van der Waals surface area contributed by atoms with Crippen LogP contribution in [0, 0.1) is 10.1 Å². The van der Waals surface area contributed by atoms with Gasteiger partial charge >= 0.3 is 0 Å². The molecule has 2 amide bonds. The molecule has 0 spiro atoms. The molecule has 2 aliphatic rings. The maximum Gasteiger partial charge on any atom is 0.270 e. The molecule has 37 heavy (non-hydrogen) atoms. The Labute approximate surface area is 220 Å². The molecule has 0 radical (unpaired) electrons. The van der Waals surface area contributed by atoms with Gasteiger partial charge in [0.15, 0.2) is 5.11 Å². The lowest BCUT2D eigenvalue weighted by molar-refractivity contribution is -0.384. The number of nitro benzene ring substituents is 1. The highest BCUT2D eigenvalue weighted by Gasteiger charge is 2.23. The molecule has 2 aromatic rings. The number of nitrogens with zero attached hydrogens (tertiary/aromatic N) is 4. The minimum Gasteiger partial charge on any atom is -0.378 e. The standard InChI is InChI=1S/C25H30N6O5S/c1-2-23(32)30-11-9-28(10-12-30)19-5-3-18(4-6-19)26-25(37)27-24(33)21-17-20(31(34)35)7-8-22(21)29-13-15-36-16-14-29/h3-8,17H,2,9-16H2,1H3,(H2,26,27,33,37). The number of thiocarbonyl (C=S) groups is 1. The number of ether oxygens (including phenoxy) is 1. The largest absolute Gasteiger partial charge is 0.378 e. The van der Waals surface area contributed by atoms with Crippen molar-refractivity contribution in [1.29, 1.82) is 0 Å². The third kappa shape index (κ3) is 6.52. The summed E-state index contributed by atoms with van der Waals surface area (Å²) >= 11 is 5.34. The van der Waals surface area contributed by atoms with Crippen LogP contribution in [0.3, 0.4) is 0 Å². The van der Waals surface area contributed by atoms with E-state index in [9.17, 15) is 19.7 Å². The van der Waals surface area contributed by atoms with Crippen molar-refractivity contribution < 1.29 is 19.2 Å². The Balaban J connectivity index is 1.38. The first-order valence-electron chi connectivity index (χ1n) is 12.2. The first-order chi connectivity index (χ1) is 17.9. The third-order valence-corrected chi connectivity index (χ3v) is 6.64. The van der Waals surface area contributed by atoms with Crippen LogP contribution in [0.25, 0.3) is 0 Å². The summed E-state index contributed by atoms with van der Waals surface area (Å²) < 4.78 is 5.38. The second-order valence-corrected chi connectivity index (χ2v) is 9.14. The van der Waals surface area contributed by atoms with Crippen LogP contribution in [-0.2, 0) is 9.53 Å². The predicted molar refractivity (Wildman–Crippen MR) is 145 cm³/mol. The number of rotatable bonds is 6. The fourth-order valence-electron chi connectivity index (χ4n) is 4.43. The first kappa shape index (κ1) is 26.3. The molecule has 2 aliphatic heterocycles. The summed E-state index contributed by atoms with van der Waals surface area (Å²) in [4.78, 5) is 41.8. The maximum absolute atomic E-state index is 13.1. The molecular formula is C25H30N6O5S. The van der Waals surface area contributed by atoms with Gasteiger partial charge in [-0.2, -0.15) is 0 Å². The van der Waals surface area contributed by atoms with Gasteiger partial charge in [0.2, 0.25) is 5.91 Å². The molecule has 0 atom stereocenters. The molecular weight excluding hydrogens is 496 g/mol. The zero-order chi connectivity index (χ0) is 26.4. The van der Waals surface area contributed by atoms with Gasteiger partial charge in [-0.25, -0.2) is 0 Å². The molecule has 0 unspecified atom stereocenters. The summed E-state index contributed by atoms with van der Waals surface area (Å²) in [6.07, 6.45) is 0.520. The van der Waals surface area contributed by atoms with Gasteiger partial charge in [0.05, 0.1) is 29.4 Å². The third-order valence-electron chi connectivity index (χ3n) is 6.44. The van der Waals surface area contributed by atoms with Crippen molar-refractivity contribution in [3.8, 4) is 0 Å². The lowest BCUT2D eigenvalue weighted by Gasteiger charge is -2.36. The summed E-state index contributed by atoms with van der Waals surface area (Å²) in [6, 6.07) is 11.9. The Morgan fingerprint density at radius 2 is 1.68 bits per heavy atom. The highest BCUT2D eigenvalue weighted by Crippen LogP contribution is 2.26. The Morgan fingerprint density at radius 3 is 2.30 bits per heavy atom. The van der Waals surface area contributed by atoms with Crippen LogP contribution in [0.5, 0.6) is 0 Å². The van der Waals surface area contributed by atoms with Crippen LogP contribution in [0.15, 0.2) is 42.5 Å². The van der Waals surface area contributed by atoms with E-state index < -0.39 is 10.8 Å². The molecule has 196 valence electrons. The van der Waals surface area contributed by atoms with E-state index in [0.29, 0.717) is 57.2 Å². The quantitative estimate of drug-likeness (QED) is 0.332. The second kappa shape index (κ2) is 12.0. The monoisotopic (exact) mass is 526 g/mol. The average Bonchev–Trinajstić information content (AvgIpc) is 2.93. The van der Waals surface area contributed by atoms with E-state index in [1.807, 2.05) is 41.0 Å². The zero-order valence-corrected chi connectivity index (χ0v) is 21.5. The number of amides is 2. The Kier molecular flexibility index (Phi) is 8.51.